The van der Waals surface area contributed by atoms with Crippen molar-refractivity contribution in [1.82, 2.24) is 15.1 Å². The van der Waals surface area contributed by atoms with Gasteiger partial charge in [0.05, 0.1) is 13.8 Å². The molecule has 1 heterocycles. The van der Waals surface area contributed by atoms with Gasteiger partial charge in [-0.3, -0.25) is 9.69 Å². The zero-order valence-electron chi connectivity index (χ0n) is 14.7. The number of carbonyl (C=O) groups excluding carboxylic acids is 2. The largest absolute Gasteiger partial charge is 0.496 e. The lowest BCUT2D eigenvalue weighted by molar-refractivity contribution is -0.133. The molecule has 7 heteroatoms. The van der Waals surface area contributed by atoms with Crippen LogP contribution in [-0.4, -0.2) is 48.1 Å². The van der Waals surface area contributed by atoms with Crippen LogP contribution in [-0.2, 0) is 11.3 Å². The van der Waals surface area contributed by atoms with E-state index in [1.165, 1.54) is 4.90 Å². The number of urea groups is 1. The average Bonchev–Trinajstić information content (AvgIpc) is 2.80. The number of carbonyl (C=O) groups is 2. The number of halogens is 1. The molecule has 25 heavy (non-hydrogen) atoms. The maximum absolute atomic E-state index is 12.8. The SMILES string of the molecule is COc1ccc(Cl)cc1CN(C)CN1C(=O)NC2(CCCCC2)C1=O. The Bertz CT molecular complexity index is 674. The van der Waals surface area contributed by atoms with E-state index in [1.54, 1.807) is 13.2 Å². The van der Waals surface area contributed by atoms with Crippen LogP contribution >= 0.6 is 11.6 Å². The second-order valence-electron chi connectivity index (χ2n) is 6.92. The molecule has 1 aromatic carbocycles. The Hall–Kier alpha value is -1.79. The zero-order valence-corrected chi connectivity index (χ0v) is 15.4. The lowest BCUT2D eigenvalue weighted by Crippen LogP contribution is -2.48. The molecule has 3 amide bonds. The van der Waals surface area contributed by atoms with Crippen LogP contribution in [0.15, 0.2) is 18.2 Å². The standard InChI is InChI=1S/C18H24ClN3O3/c1-21(11-13-10-14(19)6-7-15(13)25-2)12-22-16(23)18(20-17(22)24)8-4-3-5-9-18/h6-7,10H,3-5,8-9,11-12H2,1-2H3,(H,20,24). The fraction of sp³-hybridized carbons (Fsp3) is 0.556. The van der Waals surface area contributed by atoms with Crippen LogP contribution in [0.4, 0.5) is 4.79 Å². The Morgan fingerprint density at radius 2 is 2.00 bits per heavy atom. The van der Waals surface area contributed by atoms with Gasteiger partial charge < -0.3 is 10.1 Å². The van der Waals surface area contributed by atoms with Crippen LogP contribution in [0.1, 0.15) is 37.7 Å². The van der Waals surface area contributed by atoms with Gasteiger partial charge in [0, 0.05) is 17.1 Å². The summed E-state index contributed by atoms with van der Waals surface area (Å²) >= 11 is 6.07. The van der Waals surface area contributed by atoms with E-state index in [9.17, 15) is 9.59 Å². The minimum atomic E-state index is -0.677. The minimum absolute atomic E-state index is 0.0953. The summed E-state index contributed by atoms with van der Waals surface area (Å²) in [6.45, 7) is 0.760. The van der Waals surface area contributed by atoms with E-state index in [1.807, 2.05) is 24.1 Å². The first-order chi connectivity index (χ1) is 11.9. The molecule has 0 bridgehead atoms. The molecule has 1 spiro atoms. The van der Waals surface area contributed by atoms with Gasteiger partial charge in [-0.25, -0.2) is 9.69 Å². The van der Waals surface area contributed by atoms with E-state index in [0.717, 1.165) is 43.4 Å². The molecule has 6 nitrogen and oxygen atoms in total. The lowest BCUT2D eigenvalue weighted by atomic mass is 9.82. The molecule has 0 aromatic heterocycles. The van der Waals surface area contributed by atoms with Gasteiger partial charge in [-0.15, -0.1) is 0 Å². The summed E-state index contributed by atoms with van der Waals surface area (Å²) in [5, 5.41) is 3.56. The molecule has 0 radical (unpaired) electrons. The molecule has 1 saturated carbocycles. The minimum Gasteiger partial charge on any atom is -0.496 e. The van der Waals surface area contributed by atoms with Gasteiger partial charge in [-0.1, -0.05) is 30.9 Å². The van der Waals surface area contributed by atoms with Gasteiger partial charge in [-0.05, 0) is 38.1 Å². The number of rotatable bonds is 5. The van der Waals surface area contributed by atoms with Crippen molar-refractivity contribution in [1.29, 1.82) is 0 Å². The van der Waals surface area contributed by atoms with Crippen LogP contribution in [0, 0.1) is 0 Å². The second-order valence-corrected chi connectivity index (χ2v) is 7.35. The topological polar surface area (TPSA) is 61.9 Å². The van der Waals surface area contributed by atoms with Crippen LogP contribution in [0.25, 0.3) is 0 Å². The molecule has 136 valence electrons. The number of nitrogens with zero attached hydrogens (tertiary/aromatic N) is 2. The van der Waals surface area contributed by atoms with E-state index >= 15 is 0 Å². The van der Waals surface area contributed by atoms with Gasteiger partial charge in [0.2, 0.25) is 0 Å². The van der Waals surface area contributed by atoms with Crippen molar-refractivity contribution in [3.8, 4) is 5.75 Å². The second kappa shape index (κ2) is 7.22. The van der Waals surface area contributed by atoms with Crippen LogP contribution < -0.4 is 10.1 Å². The predicted octanol–water partition coefficient (Wildman–Crippen LogP) is 2.99. The Labute approximate surface area is 153 Å². The maximum Gasteiger partial charge on any atom is 0.326 e. The van der Waals surface area contributed by atoms with Crippen LogP contribution in [0.3, 0.4) is 0 Å². The highest BCUT2D eigenvalue weighted by Gasteiger charge is 2.51. The molecule has 0 atom stereocenters. The summed E-state index contributed by atoms with van der Waals surface area (Å²) in [5.74, 6) is 0.638. The summed E-state index contributed by atoms with van der Waals surface area (Å²) in [5.41, 5.74) is 0.237. The van der Waals surface area contributed by atoms with E-state index in [2.05, 4.69) is 5.32 Å². The van der Waals surface area contributed by atoms with Gasteiger partial charge in [0.25, 0.3) is 5.91 Å². The first-order valence-electron chi connectivity index (χ1n) is 8.60. The summed E-state index contributed by atoms with van der Waals surface area (Å²) in [7, 11) is 3.48. The molecule has 2 fully saturated rings. The summed E-state index contributed by atoms with van der Waals surface area (Å²) in [4.78, 5) is 28.4. The number of methoxy groups -OCH3 is 1. The molecule has 1 N–H and O–H groups in total. The number of imide groups is 1. The normalized spacial score (nSPS) is 19.6. The highest BCUT2D eigenvalue weighted by molar-refractivity contribution is 6.30. The average molecular weight is 366 g/mol. The maximum atomic E-state index is 12.8. The zero-order chi connectivity index (χ0) is 18.0. The third-order valence-corrected chi connectivity index (χ3v) is 5.25. The molecular weight excluding hydrogens is 342 g/mol. The van der Waals surface area contributed by atoms with Crippen molar-refractivity contribution < 1.29 is 14.3 Å². The highest BCUT2D eigenvalue weighted by atomic mass is 35.5. The van der Waals surface area contributed by atoms with E-state index in [4.69, 9.17) is 16.3 Å². The Balaban J connectivity index is 1.69. The Morgan fingerprint density at radius 3 is 2.68 bits per heavy atom. The first kappa shape index (κ1) is 18.0. The van der Waals surface area contributed by atoms with E-state index in [-0.39, 0.29) is 18.6 Å². The van der Waals surface area contributed by atoms with Crippen molar-refractivity contribution >= 4 is 23.5 Å². The summed E-state index contributed by atoms with van der Waals surface area (Å²) < 4.78 is 5.36. The number of hydrogen-bond acceptors (Lipinski definition) is 4. The number of ether oxygens (including phenoxy) is 1. The third-order valence-electron chi connectivity index (χ3n) is 5.02. The fourth-order valence-corrected chi connectivity index (χ4v) is 3.95. The van der Waals surface area contributed by atoms with Crippen molar-refractivity contribution in [3.63, 3.8) is 0 Å². The molecule has 0 unspecified atom stereocenters. The number of amides is 3. The predicted molar refractivity (Wildman–Crippen MR) is 95.5 cm³/mol. The first-order valence-corrected chi connectivity index (χ1v) is 8.98. The molecule has 3 rings (SSSR count). The van der Waals surface area contributed by atoms with Crippen molar-refractivity contribution in [2.24, 2.45) is 0 Å². The molecule has 1 saturated heterocycles. The Kier molecular flexibility index (Phi) is 5.20. The number of benzene rings is 1. The molecule has 1 aliphatic carbocycles. The molecule has 2 aliphatic rings. The smallest absolute Gasteiger partial charge is 0.326 e. The van der Waals surface area contributed by atoms with Crippen LogP contribution in [0.2, 0.25) is 5.02 Å². The van der Waals surface area contributed by atoms with Gasteiger partial charge >= 0.3 is 6.03 Å². The van der Waals surface area contributed by atoms with Crippen molar-refractivity contribution in [2.75, 3.05) is 20.8 Å². The molecule has 1 aromatic rings. The van der Waals surface area contributed by atoms with Crippen molar-refractivity contribution in [2.45, 2.75) is 44.2 Å². The lowest BCUT2D eigenvalue weighted by Gasteiger charge is -2.31. The van der Waals surface area contributed by atoms with E-state index in [0.29, 0.717) is 11.6 Å². The van der Waals surface area contributed by atoms with Gasteiger partial charge in [0.1, 0.15) is 11.3 Å². The summed E-state index contributed by atoms with van der Waals surface area (Å²) in [6, 6.07) is 5.13. The Morgan fingerprint density at radius 1 is 1.28 bits per heavy atom. The fourth-order valence-electron chi connectivity index (χ4n) is 3.75. The van der Waals surface area contributed by atoms with Crippen LogP contribution in [0.5, 0.6) is 5.75 Å². The molecular formula is C18H24ClN3O3. The van der Waals surface area contributed by atoms with Crippen molar-refractivity contribution in [3.05, 3.63) is 28.8 Å². The van der Waals surface area contributed by atoms with Gasteiger partial charge in [-0.2, -0.15) is 0 Å². The quantitative estimate of drug-likeness (QED) is 0.815. The number of hydrogen-bond donors (Lipinski definition) is 1. The monoisotopic (exact) mass is 365 g/mol. The summed E-state index contributed by atoms with van der Waals surface area (Å²) in [6.07, 6.45) is 4.56. The molecule has 1 aliphatic heterocycles. The van der Waals surface area contributed by atoms with E-state index < -0.39 is 5.54 Å². The highest BCUT2D eigenvalue weighted by Crippen LogP contribution is 2.33. The third kappa shape index (κ3) is 3.60. The number of nitrogens with one attached hydrogen (secondary N) is 1. The van der Waals surface area contributed by atoms with Gasteiger partial charge in [0.15, 0.2) is 0 Å².